The Hall–Kier alpha value is -0.380. The van der Waals surface area contributed by atoms with Crippen molar-refractivity contribution in [2.45, 2.75) is 89.9 Å². The highest BCUT2D eigenvalue weighted by atomic mass is 16.3. The molecule has 4 aliphatic rings. The van der Waals surface area contributed by atoms with Crippen molar-refractivity contribution in [1.29, 1.82) is 0 Å². The van der Waals surface area contributed by atoms with E-state index in [-0.39, 0.29) is 16.9 Å². The van der Waals surface area contributed by atoms with Gasteiger partial charge in [0.2, 0.25) is 0 Å². The first-order chi connectivity index (χ1) is 11.2. The van der Waals surface area contributed by atoms with Crippen LogP contribution in [0.15, 0.2) is 11.6 Å². The zero-order valence-corrected chi connectivity index (χ0v) is 15.5. The zero-order chi connectivity index (χ0) is 17.3. The number of aliphatic hydroxyl groups is 3. The molecule has 0 spiro atoms. The van der Waals surface area contributed by atoms with Crippen molar-refractivity contribution < 1.29 is 15.3 Å². The van der Waals surface area contributed by atoms with Crippen molar-refractivity contribution in [1.82, 2.24) is 0 Å². The van der Waals surface area contributed by atoms with E-state index in [1.807, 2.05) is 0 Å². The first-order valence-corrected chi connectivity index (χ1v) is 10.0. The molecular formula is C21H34O3. The van der Waals surface area contributed by atoms with Crippen molar-refractivity contribution in [3.63, 3.8) is 0 Å². The van der Waals surface area contributed by atoms with Crippen molar-refractivity contribution in [2.75, 3.05) is 0 Å². The van der Waals surface area contributed by atoms with E-state index in [1.54, 1.807) is 6.92 Å². The molecule has 3 saturated carbocycles. The van der Waals surface area contributed by atoms with Gasteiger partial charge in [0.15, 0.2) is 0 Å². The molecule has 3 nitrogen and oxygen atoms in total. The number of rotatable bonds is 1. The maximum atomic E-state index is 11.2. The highest BCUT2D eigenvalue weighted by Crippen LogP contribution is 2.67. The monoisotopic (exact) mass is 334 g/mol. The molecule has 0 saturated heterocycles. The molecule has 0 heterocycles. The van der Waals surface area contributed by atoms with E-state index in [0.717, 1.165) is 51.4 Å². The third kappa shape index (κ3) is 2.01. The van der Waals surface area contributed by atoms with Crippen LogP contribution in [0.3, 0.4) is 0 Å². The topological polar surface area (TPSA) is 60.7 Å². The van der Waals surface area contributed by atoms with Gasteiger partial charge in [-0.25, -0.2) is 0 Å². The van der Waals surface area contributed by atoms with E-state index < -0.39 is 11.7 Å². The summed E-state index contributed by atoms with van der Waals surface area (Å²) in [6.07, 6.45) is 9.56. The molecule has 0 aromatic rings. The molecule has 4 aliphatic carbocycles. The Morgan fingerprint density at radius 2 is 1.79 bits per heavy atom. The number of fused-ring (bicyclic) bond motifs is 5. The second-order valence-electron chi connectivity index (χ2n) is 9.75. The molecule has 4 rings (SSSR count). The Bertz CT molecular complexity index is 555. The highest BCUT2D eigenvalue weighted by Gasteiger charge is 2.64. The summed E-state index contributed by atoms with van der Waals surface area (Å²) in [5.74, 6) is 1.82. The van der Waals surface area contributed by atoms with Crippen LogP contribution in [0.2, 0.25) is 0 Å². The number of hydrogen-bond donors (Lipinski definition) is 3. The fraction of sp³-hybridized carbons (Fsp3) is 0.905. The molecule has 3 heteroatoms. The largest absolute Gasteiger partial charge is 0.393 e. The molecule has 0 unspecified atom stereocenters. The predicted molar refractivity (Wildman–Crippen MR) is 94.3 cm³/mol. The van der Waals surface area contributed by atoms with Gasteiger partial charge >= 0.3 is 0 Å². The lowest BCUT2D eigenvalue weighted by Gasteiger charge is -2.59. The van der Waals surface area contributed by atoms with E-state index in [9.17, 15) is 15.3 Å². The summed E-state index contributed by atoms with van der Waals surface area (Å²) in [4.78, 5) is 0. The first kappa shape index (κ1) is 17.1. The zero-order valence-electron chi connectivity index (χ0n) is 15.5. The second-order valence-corrected chi connectivity index (χ2v) is 9.75. The lowest BCUT2D eigenvalue weighted by molar-refractivity contribution is -0.170. The molecule has 136 valence electrons. The number of hydrogen-bond acceptors (Lipinski definition) is 3. The molecule has 24 heavy (non-hydrogen) atoms. The van der Waals surface area contributed by atoms with Crippen LogP contribution in [0.4, 0.5) is 0 Å². The van der Waals surface area contributed by atoms with E-state index in [2.05, 4.69) is 19.9 Å². The molecule has 0 amide bonds. The molecule has 0 aromatic heterocycles. The van der Waals surface area contributed by atoms with Gasteiger partial charge < -0.3 is 15.3 Å². The molecule has 3 fully saturated rings. The van der Waals surface area contributed by atoms with Crippen LogP contribution >= 0.6 is 0 Å². The number of allylic oxidation sites excluding steroid dienone is 1. The van der Waals surface area contributed by atoms with Gasteiger partial charge in [-0.2, -0.15) is 0 Å². The maximum absolute atomic E-state index is 11.2. The Balaban J connectivity index is 1.68. The third-order valence-corrected chi connectivity index (χ3v) is 8.98. The highest BCUT2D eigenvalue weighted by molar-refractivity contribution is 5.26. The lowest BCUT2D eigenvalue weighted by Crippen LogP contribution is -2.58. The smallest absolute Gasteiger partial charge is 0.0958 e. The second kappa shape index (κ2) is 5.31. The van der Waals surface area contributed by atoms with Crippen molar-refractivity contribution >= 4 is 0 Å². The van der Waals surface area contributed by atoms with Crippen LogP contribution < -0.4 is 0 Å². The Morgan fingerprint density at radius 3 is 2.50 bits per heavy atom. The number of aliphatic hydroxyl groups excluding tert-OH is 2. The third-order valence-electron chi connectivity index (χ3n) is 8.98. The predicted octanol–water partition coefficient (Wildman–Crippen LogP) is 3.42. The molecule has 0 bridgehead atoms. The van der Waals surface area contributed by atoms with Crippen molar-refractivity contribution in [2.24, 2.45) is 28.6 Å². The minimum atomic E-state index is -0.920. The molecule has 0 aliphatic heterocycles. The van der Waals surface area contributed by atoms with Gasteiger partial charge in [-0.15, -0.1) is 0 Å². The summed E-state index contributed by atoms with van der Waals surface area (Å²) in [6.45, 7) is 6.43. The minimum Gasteiger partial charge on any atom is -0.393 e. The fourth-order valence-corrected chi connectivity index (χ4v) is 7.38. The van der Waals surface area contributed by atoms with E-state index >= 15 is 0 Å². The SMILES string of the molecule is C[C@H](O)[C@@]1(O)CC[C@H]2[C@@H]3CC=C4C[C@H](O)CC[C@]4(C)[C@H]3CC[C@@]21C. The van der Waals surface area contributed by atoms with Gasteiger partial charge in [0.05, 0.1) is 17.8 Å². The minimum absolute atomic E-state index is 0.151. The first-order valence-electron chi connectivity index (χ1n) is 10.0. The standard InChI is InChI=1S/C21H34O3/c1-13(22)21(24)11-8-18-16-5-4-14-12-15(23)6-9-19(14,2)17(16)7-10-20(18,21)3/h4,13,15-18,22-24H,5-12H2,1-3H3/t13-,15+,16+,17-,18-,19-,20-,21-/m0/s1. The van der Waals surface area contributed by atoms with Crippen LogP contribution in [0, 0.1) is 28.6 Å². The molecule has 0 radical (unpaired) electrons. The summed E-state index contributed by atoms with van der Waals surface area (Å²) in [5, 5.41) is 31.6. The average molecular weight is 335 g/mol. The summed E-state index contributed by atoms with van der Waals surface area (Å²) < 4.78 is 0. The summed E-state index contributed by atoms with van der Waals surface area (Å²) in [6, 6.07) is 0. The molecule has 8 atom stereocenters. The lowest BCUT2D eigenvalue weighted by atomic mass is 9.46. The Morgan fingerprint density at radius 1 is 1.08 bits per heavy atom. The summed E-state index contributed by atoms with van der Waals surface area (Å²) in [5.41, 5.74) is 0.665. The average Bonchev–Trinajstić information content (AvgIpc) is 2.81. The van der Waals surface area contributed by atoms with Gasteiger partial charge in [-0.1, -0.05) is 25.5 Å². The van der Waals surface area contributed by atoms with E-state index in [4.69, 9.17) is 0 Å². The maximum Gasteiger partial charge on any atom is 0.0958 e. The van der Waals surface area contributed by atoms with E-state index in [1.165, 1.54) is 5.57 Å². The van der Waals surface area contributed by atoms with E-state index in [0.29, 0.717) is 17.8 Å². The quantitative estimate of drug-likeness (QED) is 0.644. The summed E-state index contributed by atoms with van der Waals surface area (Å²) >= 11 is 0. The van der Waals surface area contributed by atoms with Gasteiger partial charge in [-0.3, -0.25) is 0 Å². The Labute approximate surface area is 146 Å². The van der Waals surface area contributed by atoms with Crippen LogP contribution in [0.1, 0.15) is 72.1 Å². The van der Waals surface area contributed by atoms with Crippen LogP contribution in [0.5, 0.6) is 0 Å². The van der Waals surface area contributed by atoms with Crippen molar-refractivity contribution in [3.8, 4) is 0 Å². The van der Waals surface area contributed by atoms with Gasteiger partial charge in [0, 0.05) is 5.41 Å². The molecule has 0 aromatic carbocycles. The van der Waals surface area contributed by atoms with Crippen LogP contribution in [0.25, 0.3) is 0 Å². The normalized spacial score (nSPS) is 55.2. The Kier molecular flexibility index (Phi) is 3.77. The molecular weight excluding hydrogens is 300 g/mol. The molecule has 3 N–H and O–H groups in total. The van der Waals surface area contributed by atoms with Crippen LogP contribution in [-0.4, -0.2) is 33.1 Å². The summed E-state index contributed by atoms with van der Waals surface area (Å²) in [7, 11) is 0. The van der Waals surface area contributed by atoms with Gasteiger partial charge in [-0.05, 0) is 81.5 Å². The van der Waals surface area contributed by atoms with Gasteiger partial charge in [0.25, 0.3) is 0 Å². The van der Waals surface area contributed by atoms with Crippen molar-refractivity contribution in [3.05, 3.63) is 11.6 Å². The van der Waals surface area contributed by atoms with Gasteiger partial charge in [0.1, 0.15) is 0 Å². The van der Waals surface area contributed by atoms with Crippen LogP contribution in [-0.2, 0) is 0 Å². The fourth-order valence-electron chi connectivity index (χ4n) is 7.38.